The zero-order valence-electron chi connectivity index (χ0n) is 16.6. The van der Waals surface area contributed by atoms with Gasteiger partial charge in [-0.2, -0.15) is 0 Å². The molecule has 0 aliphatic heterocycles. The molecule has 158 valence electrons. The minimum Gasteiger partial charge on any atom is -0.495 e. The van der Waals surface area contributed by atoms with Crippen molar-refractivity contribution >= 4 is 46.3 Å². The zero-order valence-corrected chi connectivity index (χ0v) is 19.0. The molecule has 0 aliphatic carbocycles. The van der Waals surface area contributed by atoms with Gasteiger partial charge in [0.05, 0.1) is 18.6 Å². The molecule has 0 saturated heterocycles. The van der Waals surface area contributed by atoms with Crippen molar-refractivity contribution in [3.8, 4) is 11.4 Å². The van der Waals surface area contributed by atoms with E-state index in [4.69, 9.17) is 16.3 Å². The summed E-state index contributed by atoms with van der Waals surface area (Å²) in [5.41, 5.74) is 1.53. The van der Waals surface area contributed by atoms with Crippen LogP contribution in [-0.4, -0.2) is 33.5 Å². The van der Waals surface area contributed by atoms with Crippen LogP contribution in [0.1, 0.15) is 10.7 Å². The van der Waals surface area contributed by atoms with E-state index in [0.29, 0.717) is 28.0 Å². The number of aromatic nitrogens is 3. The Hall–Kier alpha value is -2.81. The first-order valence-corrected chi connectivity index (χ1v) is 11.7. The molecule has 31 heavy (non-hydrogen) atoms. The summed E-state index contributed by atoms with van der Waals surface area (Å²) in [7, 11) is 1.57. The van der Waals surface area contributed by atoms with E-state index >= 15 is 0 Å². The van der Waals surface area contributed by atoms with Crippen LogP contribution in [0.2, 0.25) is 5.02 Å². The molecule has 9 heteroatoms. The first-order chi connectivity index (χ1) is 15.1. The van der Waals surface area contributed by atoms with Gasteiger partial charge in [0.1, 0.15) is 11.6 Å². The van der Waals surface area contributed by atoms with Gasteiger partial charge in [0, 0.05) is 22.0 Å². The number of thiophene rings is 1. The van der Waals surface area contributed by atoms with Gasteiger partial charge >= 0.3 is 0 Å². The molecular weight excluding hydrogens is 452 g/mol. The van der Waals surface area contributed by atoms with Crippen molar-refractivity contribution in [1.29, 1.82) is 0 Å². The third-order valence-electron chi connectivity index (χ3n) is 4.41. The van der Waals surface area contributed by atoms with E-state index < -0.39 is 0 Å². The van der Waals surface area contributed by atoms with Crippen molar-refractivity contribution in [2.75, 3.05) is 18.2 Å². The predicted molar refractivity (Wildman–Crippen MR) is 126 cm³/mol. The topological polar surface area (TPSA) is 69.0 Å². The van der Waals surface area contributed by atoms with Crippen molar-refractivity contribution < 1.29 is 9.53 Å². The van der Waals surface area contributed by atoms with E-state index in [1.54, 1.807) is 30.6 Å². The van der Waals surface area contributed by atoms with Crippen LogP contribution in [0.4, 0.5) is 5.69 Å². The number of nitrogens with one attached hydrogen (secondary N) is 1. The summed E-state index contributed by atoms with van der Waals surface area (Å²) in [5.74, 6) is 1.45. The summed E-state index contributed by atoms with van der Waals surface area (Å²) >= 11 is 9.06. The number of amides is 1. The fraction of sp³-hybridized carbons (Fsp3) is 0.136. The summed E-state index contributed by atoms with van der Waals surface area (Å²) in [6.07, 6.45) is 0.654. The summed E-state index contributed by atoms with van der Waals surface area (Å²) < 4.78 is 7.26. The van der Waals surface area contributed by atoms with E-state index in [2.05, 4.69) is 21.6 Å². The molecule has 2 heterocycles. The van der Waals surface area contributed by atoms with Crippen LogP contribution in [-0.2, 0) is 11.2 Å². The maximum atomic E-state index is 12.5. The summed E-state index contributed by atoms with van der Waals surface area (Å²) in [6.45, 7) is 0. The maximum absolute atomic E-state index is 12.5. The van der Waals surface area contributed by atoms with Crippen LogP contribution in [0, 0.1) is 0 Å². The Morgan fingerprint density at radius 1 is 1.13 bits per heavy atom. The molecule has 2 aromatic heterocycles. The van der Waals surface area contributed by atoms with Crippen LogP contribution in [0.15, 0.2) is 71.2 Å². The summed E-state index contributed by atoms with van der Waals surface area (Å²) in [6, 6.07) is 18.9. The minimum atomic E-state index is -0.153. The van der Waals surface area contributed by atoms with Crippen molar-refractivity contribution in [1.82, 2.24) is 14.8 Å². The molecule has 1 amide bonds. The second kappa shape index (κ2) is 10.00. The fourth-order valence-corrected chi connectivity index (χ4v) is 4.59. The molecule has 2 aromatic carbocycles. The molecule has 0 saturated carbocycles. The highest BCUT2D eigenvalue weighted by Gasteiger charge is 2.17. The van der Waals surface area contributed by atoms with E-state index in [1.165, 1.54) is 16.6 Å². The average molecular weight is 471 g/mol. The lowest BCUT2D eigenvalue weighted by Crippen LogP contribution is -2.15. The smallest absolute Gasteiger partial charge is 0.234 e. The number of para-hydroxylation sites is 2. The average Bonchev–Trinajstić information content (AvgIpc) is 3.44. The number of nitrogens with zero attached hydrogens (tertiary/aromatic N) is 3. The second-order valence-corrected chi connectivity index (χ2v) is 8.92. The van der Waals surface area contributed by atoms with E-state index in [1.807, 2.05) is 52.4 Å². The standard InChI is InChI=1S/C22H19ClN4O2S2/c1-29-19-7-3-2-6-18(19)24-21(28)14-31-22-26-25-20(13-17-5-4-12-30-17)27(22)16-10-8-15(23)9-11-16/h2-12H,13-14H2,1H3,(H,24,28). The van der Waals surface area contributed by atoms with Gasteiger partial charge in [-0.05, 0) is 47.8 Å². The number of carbonyl (C=O) groups is 1. The molecule has 0 bridgehead atoms. The third kappa shape index (κ3) is 5.28. The van der Waals surface area contributed by atoms with Crippen molar-refractivity contribution in [3.63, 3.8) is 0 Å². The van der Waals surface area contributed by atoms with Crippen LogP contribution in [0.3, 0.4) is 0 Å². The highest BCUT2D eigenvalue weighted by Crippen LogP contribution is 2.27. The Labute approximate surface area is 193 Å². The molecule has 0 unspecified atom stereocenters. The molecular formula is C22H19ClN4O2S2. The number of hydrogen-bond acceptors (Lipinski definition) is 6. The number of ether oxygens (including phenoxy) is 1. The largest absolute Gasteiger partial charge is 0.495 e. The number of benzene rings is 2. The number of methoxy groups -OCH3 is 1. The molecule has 0 aliphatic rings. The SMILES string of the molecule is COc1ccccc1NC(=O)CSc1nnc(Cc2cccs2)n1-c1ccc(Cl)cc1. The lowest BCUT2D eigenvalue weighted by molar-refractivity contribution is -0.113. The molecule has 1 N–H and O–H groups in total. The van der Waals surface area contributed by atoms with E-state index in [-0.39, 0.29) is 11.7 Å². The van der Waals surface area contributed by atoms with Gasteiger partial charge in [0.15, 0.2) is 5.16 Å². The van der Waals surface area contributed by atoms with Crippen LogP contribution in [0.5, 0.6) is 5.75 Å². The van der Waals surface area contributed by atoms with Gasteiger partial charge in [0.2, 0.25) is 5.91 Å². The van der Waals surface area contributed by atoms with E-state index in [0.717, 1.165) is 11.5 Å². The van der Waals surface area contributed by atoms with Gasteiger partial charge < -0.3 is 10.1 Å². The number of carbonyl (C=O) groups excluding carboxylic acids is 1. The van der Waals surface area contributed by atoms with Crippen molar-refractivity contribution in [3.05, 3.63) is 81.8 Å². The van der Waals surface area contributed by atoms with Gasteiger partial charge in [-0.1, -0.05) is 41.6 Å². The first-order valence-electron chi connectivity index (χ1n) is 9.42. The maximum Gasteiger partial charge on any atom is 0.234 e. The molecule has 0 atom stereocenters. The first kappa shape index (κ1) is 21.4. The number of hydrogen-bond donors (Lipinski definition) is 1. The van der Waals surface area contributed by atoms with Gasteiger partial charge in [-0.3, -0.25) is 9.36 Å². The van der Waals surface area contributed by atoms with Gasteiger partial charge in [-0.25, -0.2) is 0 Å². The summed E-state index contributed by atoms with van der Waals surface area (Å²) in [4.78, 5) is 13.7. The highest BCUT2D eigenvalue weighted by atomic mass is 35.5. The number of anilines is 1. The Morgan fingerprint density at radius 3 is 2.68 bits per heavy atom. The van der Waals surface area contributed by atoms with Crippen molar-refractivity contribution in [2.45, 2.75) is 11.6 Å². The molecule has 4 rings (SSSR count). The Bertz CT molecular complexity index is 1160. The Morgan fingerprint density at radius 2 is 1.94 bits per heavy atom. The zero-order chi connectivity index (χ0) is 21.6. The lowest BCUT2D eigenvalue weighted by Gasteiger charge is -2.11. The van der Waals surface area contributed by atoms with E-state index in [9.17, 15) is 4.79 Å². The number of thioether (sulfide) groups is 1. The molecule has 0 radical (unpaired) electrons. The van der Waals surface area contributed by atoms with Gasteiger partial charge in [0.25, 0.3) is 0 Å². The van der Waals surface area contributed by atoms with Crippen molar-refractivity contribution in [2.24, 2.45) is 0 Å². The number of halogens is 1. The monoisotopic (exact) mass is 470 g/mol. The van der Waals surface area contributed by atoms with Crippen LogP contribution in [0.25, 0.3) is 5.69 Å². The Kier molecular flexibility index (Phi) is 6.91. The quantitative estimate of drug-likeness (QED) is 0.353. The lowest BCUT2D eigenvalue weighted by atomic mass is 10.3. The molecule has 6 nitrogen and oxygen atoms in total. The third-order valence-corrected chi connectivity index (χ3v) is 6.47. The molecule has 0 spiro atoms. The van der Waals surface area contributed by atoms with Gasteiger partial charge in [-0.15, -0.1) is 21.5 Å². The van der Waals surface area contributed by atoms with Crippen LogP contribution >= 0.6 is 34.7 Å². The molecule has 4 aromatic rings. The predicted octanol–water partition coefficient (Wildman–Crippen LogP) is 5.31. The normalized spacial score (nSPS) is 10.8. The number of rotatable bonds is 8. The Balaban J connectivity index is 1.54. The van der Waals surface area contributed by atoms with Crippen LogP contribution < -0.4 is 10.1 Å². The second-order valence-electron chi connectivity index (χ2n) is 6.50. The highest BCUT2D eigenvalue weighted by molar-refractivity contribution is 7.99. The minimum absolute atomic E-state index is 0.153. The summed E-state index contributed by atoms with van der Waals surface area (Å²) in [5, 5.41) is 15.0. The molecule has 0 fully saturated rings. The fourth-order valence-electron chi connectivity index (χ4n) is 2.99.